The van der Waals surface area contributed by atoms with Crippen LogP contribution in [0.2, 0.25) is 0 Å². The highest BCUT2D eigenvalue weighted by molar-refractivity contribution is 5.80. The van der Waals surface area contributed by atoms with Crippen molar-refractivity contribution in [1.29, 1.82) is 0 Å². The summed E-state index contributed by atoms with van der Waals surface area (Å²) in [6, 6.07) is 18.4. The van der Waals surface area contributed by atoms with Crippen molar-refractivity contribution in [3.05, 3.63) is 95.3 Å². The molecule has 3 aromatic rings. The third-order valence-corrected chi connectivity index (χ3v) is 3.49. The van der Waals surface area contributed by atoms with E-state index in [2.05, 4.69) is 10.5 Å². The number of halogens is 3. The Hall–Kier alpha value is -3.28. The van der Waals surface area contributed by atoms with Crippen LogP contribution in [0, 0.1) is 17.5 Å². The average Bonchev–Trinajstić information content (AvgIpc) is 2.65. The molecule has 6 heteroatoms. The van der Waals surface area contributed by atoms with Gasteiger partial charge in [0.1, 0.15) is 12.4 Å². The second kappa shape index (κ2) is 8.20. The summed E-state index contributed by atoms with van der Waals surface area (Å²) >= 11 is 0. The highest BCUT2D eigenvalue weighted by Crippen LogP contribution is 2.20. The first-order valence-corrected chi connectivity index (χ1v) is 7.82. The van der Waals surface area contributed by atoms with Gasteiger partial charge in [-0.15, -0.1) is 0 Å². The van der Waals surface area contributed by atoms with Gasteiger partial charge in [-0.1, -0.05) is 36.4 Å². The minimum atomic E-state index is -1.51. The van der Waals surface area contributed by atoms with Gasteiger partial charge in [-0.2, -0.15) is 5.10 Å². The molecule has 0 fully saturated rings. The first-order chi connectivity index (χ1) is 12.6. The van der Waals surface area contributed by atoms with Crippen LogP contribution in [0.4, 0.5) is 18.9 Å². The zero-order valence-electron chi connectivity index (χ0n) is 13.6. The summed E-state index contributed by atoms with van der Waals surface area (Å²) in [6.45, 7) is 0.0817. The molecule has 0 amide bonds. The van der Waals surface area contributed by atoms with Crippen LogP contribution in [-0.4, -0.2) is 6.21 Å². The zero-order valence-corrected chi connectivity index (χ0v) is 13.6. The molecule has 3 nitrogen and oxygen atoms in total. The maximum atomic E-state index is 13.2. The lowest BCUT2D eigenvalue weighted by molar-refractivity contribution is 0.299. The second-order valence-electron chi connectivity index (χ2n) is 5.47. The Kier molecular flexibility index (Phi) is 5.53. The monoisotopic (exact) mass is 356 g/mol. The smallest absolute Gasteiger partial charge is 0.194 e. The van der Waals surface area contributed by atoms with Crippen LogP contribution in [0.25, 0.3) is 0 Å². The molecule has 1 N–H and O–H groups in total. The van der Waals surface area contributed by atoms with Crippen molar-refractivity contribution >= 4 is 11.9 Å². The summed E-state index contributed by atoms with van der Waals surface area (Å²) in [5.41, 5.74) is 5.37. The third-order valence-electron chi connectivity index (χ3n) is 3.49. The van der Waals surface area contributed by atoms with Gasteiger partial charge in [0.25, 0.3) is 0 Å². The van der Waals surface area contributed by atoms with Crippen LogP contribution in [0.5, 0.6) is 5.75 Å². The molecule has 0 spiro atoms. The first-order valence-electron chi connectivity index (χ1n) is 7.82. The Morgan fingerprint density at radius 2 is 1.62 bits per heavy atom. The highest BCUT2D eigenvalue weighted by atomic mass is 19.2. The molecular weight excluding hydrogens is 341 g/mol. The fourth-order valence-electron chi connectivity index (χ4n) is 2.24. The minimum absolute atomic E-state index is 0.0776. The molecule has 0 radical (unpaired) electrons. The van der Waals surface area contributed by atoms with Crippen molar-refractivity contribution in [3.8, 4) is 5.75 Å². The maximum Gasteiger partial charge on any atom is 0.194 e. The predicted molar refractivity (Wildman–Crippen MR) is 94.7 cm³/mol. The van der Waals surface area contributed by atoms with E-state index >= 15 is 0 Å². The largest absolute Gasteiger partial charge is 0.489 e. The topological polar surface area (TPSA) is 33.6 Å². The summed E-state index contributed by atoms with van der Waals surface area (Å²) in [4.78, 5) is 0. The number of hydrogen-bond acceptors (Lipinski definition) is 3. The molecule has 0 saturated carbocycles. The SMILES string of the molecule is Fc1cc(OCc2cccc(C=NNc3ccccc3)c2)cc(F)c1F. The Morgan fingerprint density at radius 1 is 0.885 bits per heavy atom. The van der Waals surface area contributed by atoms with Gasteiger partial charge in [0.05, 0.1) is 11.9 Å². The number of para-hydroxylation sites is 1. The summed E-state index contributed by atoms with van der Waals surface area (Å²) in [7, 11) is 0. The number of hydrazone groups is 1. The number of rotatable bonds is 6. The van der Waals surface area contributed by atoms with Gasteiger partial charge in [-0.25, -0.2) is 13.2 Å². The van der Waals surface area contributed by atoms with E-state index in [4.69, 9.17) is 4.74 Å². The summed E-state index contributed by atoms with van der Waals surface area (Å²) < 4.78 is 44.7. The van der Waals surface area contributed by atoms with Crippen molar-refractivity contribution in [2.24, 2.45) is 5.10 Å². The molecule has 3 aromatic carbocycles. The molecule has 0 heterocycles. The third kappa shape index (κ3) is 4.63. The van der Waals surface area contributed by atoms with Crippen LogP contribution in [0.15, 0.2) is 71.8 Å². The van der Waals surface area contributed by atoms with Gasteiger partial charge >= 0.3 is 0 Å². The molecule has 0 aliphatic rings. The molecular formula is C20H15F3N2O. The molecule has 0 atom stereocenters. The van der Waals surface area contributed by atoms with Crippen LogP contribution in [0.1, 0.15) is 11.1 Å². The van der Waals surface area contributed by atoms with Crippen molar-refractivity contribution in [1.82, 2.24) is 0 Å². The van der Waals surface area contributed by atoms with Gasteiger partial charge in [0.2, 0.25) is 0 Å². The maximum absolute atomic E-state index is 13.2. The normalized spacial score (nSPS) is 10.9. The van der Waals surface area contributed by atoms with E-state index in [1.807, 2.05) is 48.5 Å². The Labute approximate surface area is 148 Å². The van der Waals surface area contributed by atoms with E-state index < -0.39 is 17.5 Å². The number of hydrogen-bond donors (Lipinski definition) is 1. The number of benzene rings is 3. The summed E-state index contributed by atoms with van der Waals surface area (Å²) in [5.74, 6) is -4.16. The molecule has 0 saturated heterocycles. The van der Waals surface area contributed by atoms with Gasteiger partial charge in [-0.05, 0) is 29.3 Å². The molecule has 3 rings (SSSR count). The molecule has 0 bridgehead atoms. The molecule has 26 heavy (non-hydrogen) atoms. The predicted octanol–water partition coefficient (Wildman–Crippen LogP) is 5.13. The highest BCUT2D eigenvalue weighted by Gasteiger charge is 2.11. The van der Waals surface area contributed by atoms with E-state index in [-0.39, 0.29) is 12.4 Å². The van der Waals surface area contributed by atoms with Crippen molar-refractivity contribution in [3.63, 3.8) is 0 Å². The fourth-order valence-corrected chi connectivity index (χ4v) is 2.24. The molecule has 0 unspecified atom stereocenters. The molecule has 0 aliphatic carbocycles. The zero-order chi connectivity index (χ0) is 18.4. The number of nitrogens with one attached hydrogen (secondary N) is 1. The molecule has 0 aromatic heterocycles. The Balaban J connectivity index is 1.62. The lowest BCUT2D eigenvalue weighted by Gasteiger charge is -2.08. The van der Waals surface area contributed by atoms with Crippen LogP contribution >= 0.6 is 0 Å². The lowest BCUT2D eigenvalue weighted by Crippen LogP contribution is -1.99. The Morgan fingerprint density at radius 3 is 2.35 bits per heavy atom. The van der Waals surface area contributed by atoms with Gasteiger partial charge in [-0.3, -0.25) is 5.43 Å². The van der Waals surface area contributed by atoms with Gasteiger partial charge < -0.3 is 4.74 Å². The van der Waals surface area contributed by atoms with Crippen molar-refractivity contribution in [2.75, 3.05) is 5.43 Å². The van der Waals surface area contributed by atoms with Crippen LogP contribution < -0.4 is 10.2 Å². The second-order valence-corrected chi connectivity index (χ2v) is 5.47. The van der Waals surface area contributed by atoms with E-state index in [0.717, 1.165) is 28.9 Å². The van der Waals surface area contributed by atoms with Crippen molar-refractivity contribution in [2.45, 2.75) is 6.61 Å². The van der Waals surface area contributed by atoms with E-state index in [9.17, 15) is 13.2 Å². The van der Waals surface area contributed by atoms with E-state index in [1.165, 1.54) is 0 Å². The summed E-state index contributed by atoms with van der Waals surface area (Å²) in [6.07, 6.45) is 1.65. The van der Waals surface area contributed by atoms with E-state index in [1.54, 1.807) is 12.3 Å². The van der Waals surface area contributed by atoms with Gasteiger partial charge in [0.15, 0.2) is 17.5 Å². The number of nitrogens with zero attached hydrogens (tertiary/aromatic N) is 1. The molecule has 0 aliphatic heterocycles. The average molecular weight is 356 g/mol. The Bertz CT molecular complexity index is 891. The standard InChI is InChI=1S/C20H15F3N2O/c21-18-10-17(11-19(22)20(18)23)26-13-15-6-4-5-14(9-15)12-24-25-16-7-2-1-3-8-16/h1-12,25H,13H2. The van der Waals surface area contributed by atoms with E-state index in [0.29, 0.717) is 0 Å². The van der Waals surface area contributed by atoms with Crippen molar-refractivity contribution < 1.29 is 17.9 Å². The first kappa shape index (κ1) is 17.5. The molecule has 132 valence electrons. The number of anilines is 1. The summed E-state index contributed by atoms with van der Waals surface area (Å²) in [5, 5.41) is 4.15. The van der Waals surface area contributed by atoms with Crippen LogP contribution in [0.3, 0.4) is 0 Å². The lowest BCUT2D eigenvalue weighted by atomic mass is 10.1. The number of ether oxygens (including phenoxy) is 1. The minimum Gasteiger partial charge on any atom is -0.489 e. The quantitative estimate of drug-likeness (QED) is 0.377. The fraction of sp³-hybridized carbons (Fsp3) is 0.0500. The van der Waals surface area contributed by atoms with Gasteiger partial charge in [0, 0.05) is 12.1 Å². The van der Waals surface area contributed by atoms with Crippen LogP contribution in [-0.2, 0) is 6.61 Å².